The van der Waals surface area contributed by atoms with Crippen LogP contribution in [0, 0.1) is 5.92 Å². The van der Waals surface area contributed by atoms with Gasteiger partial charge < -0.3 is 25.2 Å². The van der Waals surface area contributed by atoms with E-state index in [9.17, 15) is 14.4 Å². The number of hydrogen-bond acceptors (Lipinski definition) is 7. The zero-order valence-corrected chi connectivity index (χ0v) is 18.3. The molecule has 168 valence electrons. The Kier molecular flexibility index (Phi) is 10.6. The minimum atomic E-state index is -1.05. The molecule has 2 atom stereocenters. The Balaban J connectivity index is 2.19. The number of aliphatic carboxylic acids is 1. The molecule has 1 aliphatic heterocycles. The number of carbonyl (C=O) groups is 3. The molecule has 3 N–H and O–H groups in total. The fourth-order valence-corrected chi connectivity index (χ4v) is 3.00. The normalized spacial score (nSPS) is 19.4. The number of nitrogens with zero attached hydrogens (tertiary/aromatic N) is 1. The van der Waals surface area contributed by atoms with Crippen molar-refractivity contribution in [2.45, 2.75) is 77.9 Å². The molecule has 0 aliphatic carbocycles. The van der Waals surface area contributed by atoms with Crippen molar-refractivity contribution in [3.63, 3.8) is 0 Å². The largest absolute Gasteiger partial charge is 0.480 e. The lowest BCUT2D eigenvalue weighted by molar-refractivity contribution is -0.171. The Labute approximate surface area is 173 Å². The summed E-state index contributed by atoms with van der Waals surface area (Å²) in [4.78, 5) is 36.3. The van der Waals surface area contributed by atoms with Gasteiger partial charge in [0.2, 0.25) is 5.91 Å². The molecule has 29 heavy (non-hydrogen) atoms. The summed E-state index contributed by atoms with van der Waals surface area (Å²) < 4.78 is 10.8. The van der Waals surface area contributed by atoms with Crippen molar-refractivity contribution in [3.05, 3.63) is 0 Å². The molecule has 9 heteroatoms. The van der Waals surface area contributed by atoms with E-state index < -0.39 is 18.0 Å². The zero-order valence-electron chi connectivity index (χ0n) is 18.3. The number of rotatable bonds is 14. The van der Waals surface area contributed by atoms with E-state index in [4.69, 9.17) is 14.6 Å². The fourth-order valence-electron chi connectivity index (χ4n) is 3.00. The fraction of sp³-hybridized carbons (Fsp3) is 0.850. The number of carboxylic acids is 1. The van der Waals surface area contributed by atoms with Crippen LogP contribution in [0.1, 0.15) is 59.8 Å². The molecule has 1 fully saturated rings. The van der Waals surface area contributed by atoms with Crippen LogP contribution in [0.5, 0.6) is 0 Å². The number of ether oxygens (including phenoxy) is 2. The van der Waals surface area contributed by atoms with Gasteiger partial charge in [0.25, 0.3) is 6.41 Å². The molecule has 1 aliphatic rings. The van der Waals surface area contributed by atoms with Crippen molar-refractivity contribution in [1.82, 2.24) is 15.5 Å². The van der Waals surface area contributed by atoms with E-state index in [2.05, 4.69) is 10.6 Å². The number of cyclic esters (lactones) is 1. The first-order valence-electron chi connectivity index (χ1n) is 10.3. The molecule has 1 saturated heterocycles. The van der Waals surface area contributed by atoms with Crippen LogP contribution in [0.2, 0.25) is 0 Å². The lowest BCUT2D eigenvalue weighted by Gasteiger charge is -2.22. The highest BCUT2D eigenvalue weighted by atomic mass is 16.8. The lowest BCUT2D eigenvalue weighted by Crippen LogP contribution is -2.46. The van der Waals surface area contributed by atoms with Gasteiger partial charge in [-0.25, -0.2) is 9.69 Å². The number of carbonyl (C=O) groups excluding carboxylic acids is 2. The summed E-state index contributed by atoms with van der Waals surface area (Å²) in [5.41, 5.74) is -0.895. The van der Waals surface area contributed by atoms with E-state index in [0.717, 1.165) is 32.2 Å². The number of esters is 1. The molecule has 0 bridgehead atoms. The average molecular weight is 416 g/mol. The van der Waals surface area contributed by atoms with E-state index in [1.807, 2.05) is 25.8 Å². The van der Waals surface area contributed by atoms with Crippen LogP contribution in [0.15, 0.2) is 0 Å². The summed E-state index contributed by atoms with van der Waals surface area (Å²) in [7, 11) is 1.87. The quantitative estimate of drug-likeness (QED) is 0.287. The molecule has 1 rings (SSSR count). The van der Waals surface area contributed by atoms with Crippen molar-refractivity contribution in [3.8, 4) is 0 Å². The first-order valence-corrected chi connectivity index (χ1v) is 10.3. The van der Waals surface area contributed by atoms with E-state index in [-0.39, 0.29) is 24.5 Å². The van der Waals surface area contributed by atoms with Crippen LogP contribution < -0.4 is 10.6 Å². The van der Waals surface area contributed by atoms with Crippen molar-refractivity contribution >= 4 is 17.8 Å². The maximum atomic E-state index is 12.1. The molecule has 0 aromatic heterocycles. The Bertz CT molecular complexity index is 552. The summed E-state index contributed by atoms with van der Waals surface area (Å²) in [6.45, 7) is 8.56. The first-order chi connectivity index (χ1) is 13.5. The van der Waals surface area contributed by atoms with Crippen LogP contribution in [-0.2, 0) is 23.9 Å². The molecule has 9 nitrogen and oxygen atoms in total. The maximum absolute atomic E-state index is 12.1. The standard InChI is InChI=1S/C20H37N3O6/c1-14(2)12-15(17(26)22-13-16(24)25)21-10-8-6-7-9-11-23(5)19-28-18(27)20(3,4)29-19/h14-15,19,21H,6-13H2,1-5H3,(H,22,26)(H,24,25). The molecule has 0 aromatic carbocycles. The molecular weight excluding hydrogens is 378 g/mol. The van der Waals surface area contributed by atoms with E-state index in [1.54, 1.807) is 13.8 Å². The predicted octanol–water partition coefficient (Wildman–Crippen LogP) is 1.32. The topological polar surface area (TPSA) is 117 Å². The Morgan fingerprint density at radius 1 is 1.21 bits per heavy atom. The van der Waals surface area contributed by atoms with E-state index in [1.165, 1.54) is 0 Å². The van der Waals surface area contributed by atoms with E-state index >= 15 is 0 Å². The second-order valence-electron chi connectivity index (χ2n) is 8.48. The third kappa shape index (κ3) is 9.56. The van der Waals surface area contributed by atoms with Crippen molar-refractivity contribution in [1.29, 1.82) is 0 Å². The van der Waals surface area contributed by atoms with Gasteiger partial charge in [-0.2, -0.15) is 0 Å². The average Bonchev–Trinajstić information content (AvgIpc) is 2.90. The van der Waals surface area contributed by atoms with Crippen molar-refractivity contribution < 1.29 is 29.0 Å². The van der Waals surface area contributed by atoms with Crippen LogP contribution in [-0.4, -0.2) is 72.6 Å². The monoisotopic (exact) mass is 415 g/mol. The summed E-state index contributed by atoms with van der Waals surface area (Å²) >= 11 is 0. The summed E-state index contributed by atoms with van der Waals surface area (Å²) in [5, 5.41) is 14.4. The molecule has 0 saturated carbocycles. The van der Waals surface area contributed by atoms with Gasteiger partial charge in [0.1, 0.15) is 6.54 Å². The number of hydrogen-bond donors (Lipinski definition) is 3. The summed E-state index contributed by atoms with van der Waals surface area (Å²) in [6, 6.07) is -0.377. The van der Waals surface area contributed by atoms with Crippen LogP contribution in [0.3, 0.4) is 0 Å². The van der Waals surface area contributed by atoms with Gasteiger partial charge in [-0.1, -0.05) is 26.7 Å². The highest BCUT2D eigenvalue weighted by Gasteiger charge is 2.44. The molecule has 2 unspecified atom stereocenters. The molecular formula is C20H37N3O6. The minimum absolute atomic E-state index is 0.267. The van der Waals surface area contributed by atoms with Gasteiger partial charge in [0, 0.05) is 6.54 Å². The third-order valence-electron chi connectivity index (χ3n) is 4.72. The molecule has 1 amide bonds. The Hall–Kier alpha value is -1.71. The van der Waals surface area contributed by atoms with Gasteiger partial charge in [-0.05, 0) is 52.6 Å². The first kappa shape index (κ1) is 25.3. The Morgan fingerprint density at radius 2 is 1.86 bits per heavy atom. The minimum Gasteiger partial charge on any atom is -0.480 e. The van der Waals surface area contributed by atoms with Crippen molar-refractivity contribution in [2.75, 3.05) is 26.7 Å². The molecule has 0 aromatic rings. The molecule has 0 radical (unpaired) electrons. The maximum Gasteiger partial charge on any atom is 0.341 e. The SMILES string of the molecule is CC(C)CC(NCCCCCCN(C)C1OC(=O)C(C)(C)O1)C(=O)NCC(=O)O. The van der Waals surface area contributed by atoms with Gasteiger partial charge in [-0.15, -0.1) is 0 Å². The molecule has 0 spiro atoms. The molecule has 1 heterocycles. The number of nitrogens with one attached hydrogen (secondary N) is 2. The van der Waals surface area contributed by atoms with Gasteiger partial charge in [0.15, 0.2) is 5.60 Å². The van der Waals surface area contributed by atoms with Crippen LogP contribution in [0.4, 0.5) is 0 Å². The zero-order chi connectivity index (χ0) is 22.0. The van der Waals surface area contributed by atoms with Gasteiger partial charge in [-0.3, -0.25) is 9.59 Å². The lowest BCUT2D eigenvalue weighted by atomic mass is 10.0. The van der Waals surface area contributed by atoms with Gasteiger partial charge in [0.05, 0.1) is 6.04 Å². The summed E-state index contributed by atoms with van der Waals surface area (Å²) in [6.07, 6.45) is 3.92. The third-order valence-corrected chi connectivity index (χ3v) is 4.72. The second-order valence-corrected chi connectivity index (χ2v) is 8.48. The smallest absolute Gasteiger partial charge is 0.341 e. The van der Waals surface area contributed by atoms with E-state index in [0.29, 0.717) is 18.9 Å². The summed E-state index contributed by atoms with van der Waals surface area (Å²) in [5.74, 6) is -1.33. The number of unbranched alkanes of at least 4 members (excludes halogenated alkanes) is 3. The van der Waals surface area contributed by atoms with Crippen LogP contribution >= 0.6 is 0 Å². The number of amides is 1. The second kappa shape index (κ2) is 12.1. The van der Waals surface area contributed by atoms with Gasteiger partial charge >= 0.3 is 11.9 Å². The Morgan fingerprint density at radius 3 is 2.41 bits per heavy atom. The highest BCUT2D eigenvalue weighted by molar-refractivity contribution is 5.85. The van der Waals surface area contributed by atoms with Crippen LogP contribution in [0.25, 0.3) is 0 Å². The predicted molar refractivity (Wildman–Crippen MR) is 108 cm³/mol. The number of carboxylic acid groups (broad SMARTS) is 1. The van der Waals surface area contributed by atoms with Crippen molar-refractivity contribution in [2.24, 2.45) is 5.92 Å². The highest BCUT2D eigenvalue weighted by Crippen LogP contribution is 2.25.